The Kier molecular flexibility index (Phi) is 6.23. The minimum absolute atomic E-state index is 0.105. The molecule has 0 bridgehead atoms. The number of aliphatic hydroxyl groups is 1. The molecule has 94 valence electrons. The van der Waals surface area contributed by atoms with Crippen molar-refractivity contribution in [3.05, 3.63) is 0 Å². The molecule has 1 aliphatic rings. The summed E-state index contributed by atoms with van der Waals surface area (Å²) in [6.07, 6.45) is 6.05. The molecule has 0 aromatic carbocycles. The van der Waals surface area contributed by atoms with Gasteiger partial charge in [0.1, 0.15) is 0 Å². The molecule has 0 spiro atoms. The van der Waals surface area contributed by atoms with Gasteiger partial charge in [-0.05, 0) is 19.3 Å². The van der Waals surface area contributed by atoms with Crippen molar-refractivity contribution >= 4 is 6.03 Å². The summed E-state index contributed by atoms with van der Waals surface area (Å²) < 4.78 is 0. The number of unbranched alkanes of at least 4 members (excludes halogenated alkanes) is 1. The lowest BCUT2D eigenvalue weighted by Gasteiger charge is -2.27. The van der Waals surface area contributed by atoms with Gasteiger partial charge in [-0.2, -0.15) is 0 Å². The Bertz CT molecular complexity index is 209. The van der Waals surface area contributed by atoms with E-state index in [-0.39, 0.29) is 18.1 Å². The standard InChI is InChI=1S/C12H24N2O2/c1-2-3-8-13-12(16)14-9-10-6-4-5-7-11(10)15/h10-11,15H,2-9H2,1H3,(H2,13,14,16). The number of carbonyl (C=O) groups excluding carboxylic acids is 1. The number of aliphatic hydroxyl groups excluding tert-OH is 1. The third-order valence-corrected chi connectivity index (χ3v) is 3.21. The summed E-state index contributed by atoms with van der Waals surface area (Å²) in [6.45, 7) is 3.42. The van der Waals surface area contributed by atoms with Crippen LogP contribution in [0.15, 0.2) is 0 Å². The van der Waals surface area contributed by atoms with Crippen molar-refractivity contribution in [1.82, 2.24) is 10.6 Å². The maximum absolute atomic E-state index is 11.4. The zero-order valence-electron chi connectivity index (χ0n) is 10.2. The fraction of sp³-hybridized carbons (Fsp3) is 0.917. The Labute approximate surface area is 97.8 Å². The van der Waals surface area contributed by atoms with E-state index < -0.39 is 0 Å². The highest BCUT2D eigenvalue weighted by atomic mass is 16.3. The van der Waals surface area contributed by atoms with Crippen LogP contribution in [-0.2, 0) is 0 Å². The van der Waals surface area contributed by atoms with Crippen molar-refractivity contribution < 1.29 is 9.90 Å². The van der Waals surface area contributed by atoms with Crippen LogP contribution in [0.3, 0.4) is 0 Å². The quantitative estimate of drug-likeness (QED) is 0.626. The number of urea groups is 1. The highest BCUT2D eigenvalue weighted by molar-refractivity contribution is 5.73. The van der Waals surface area contributed by atoms with E-state index >= 15 is 0 Å². The van der Waals surface area contributed by atoms with Crippen LogP contribution < -0.4 is 10.6 Å². The van der Waals surface area contributed by atoms with E-state index in [4.69, 9.17) is 0 Å². The Hall–Kier alpha value is -0.770. The van der Waals surface area contributed by atoms with E-state index in [1.54, 1.807) is 0 Å². The van der Waals surface area contributed by atoms with Crippen molar-refractivity contribution in [2.75, 3.05) is 13.1 Å². The molecule has 1 saturated carbocycles. The maximum Gasteiger partial charge on any atom is 0.314 e. The van der Waals surface area contributed by atoms with Crippen LogP contribution in [0.25, 0.3) is 0 Å². The second-order valence-corrected chi connectivity index (χ2v) is 4.60. The van der Waals surface area contributed by atoms with Gasteiger partial charge in [-0.1, -0.05) is 26.2 Å². The number of nitrogens with one attached hydrogen (secondary N) is 2. The molecule has 0 aliphatic heterocycles. The van der Waals surface area contributed by atoms with Crippen LogP contribution in [-0.4, -0.2) is 30.3 Å². The lowest BCUT2D eigenvalue weighted by Crippen LogP contribution is -2.41. The first-order chi connectivity index (χ1) is 7.74. The topological polar surface area (TPSA) is 61.4 Å². The minimum atomic E-state index is -0.232. The SMILES string of the molecule is CCCCNC(=O)NCC1CCCCC1O. The second-order valence-electron chi connectivity index (χ2n) is 4.60. The van der Waals surface area contributed by atoms with Gasteiger partial charge in [0, 0.05) is 19.0 Å². The molecule has 3 N–H and O–H groups in total. The summed E-state index contributed by atoms with van der Waals surface area (Å²) in [7, 11) is 0. The third-order valence-electron chi connectivity index (χ3n) is 3.21. The van der Waals surface area contributed by atoms with Crippen LogP contribution >= 0.6 is 0 Å². The number of hydrogen-bond acceptors (Lipinski definition) is 2. The Balaban J connectivity index is 2.10. The highest BCUT2D eigenvalue weighted by Crippen LogP contribution is 2.23. The maximum atomic E-state index is 11.4. The molecule has 1 rings (SSSR count). The molecule has 1 fully saturated rings. The van der Waals surface area contributed by atoms with E-state index in [0.717, 1.165) is 38.6 Å². The number of rotatable bonds is 5. The molecule has 0 aromatic heterocycles. The molecule has 16 heavy (non-hydrogen) atoms. The summed E-state index contributed by atoms with van der Waals surface area (Å²) >= 11 is 0. The van der Waals surface area contributed by atoms with Gasteiger partial charge in [0.2, 0.25) is 0 Å². The third kappa shape index (κ3) is 4.84. The predicted octanol–water partition coefficient (Wildman–Crippen LogP) is 1.64. The zero-order valence-corrected chi connectivity index (χ0v) is 10.2. The van der Waals surface area contributed by atoms with Gasteiger partial charge in [-0.15, -0.1) is 0 Å². The Morgan fingerprint density at radius 3 is 2.75 bits per heavy atom. The molecule has 2 amide bonds. The van der Waals surface area contributed by atoms with E-state index in [2.05, 4.69) is 17.6 Å². The van der Waals surface area contributed by atoms with Crippen LogP contribution in [0.1, 0.15) is 45.4 Å². The lowest BCUT2D eigenvalue weighted by molar-refractivity contribution is 0.0709. The van der Waals surface area contributed by atoms with Gasteiger partial charge < -0.3 is 15.7 Å². The molecule has 0 aromatic rings. The molecule has 0 radical (unpaired) electrons. The van der Waals surface area contributed by atoms with Gasteiger partial charge in [0.05, 0.1) is 6.10 Å². The van der Waals surface area contributed by atoms with E-state index in [1.807, 2.05) is 0 Å². The summed E-state index contributed by atoms with van der Waals surface area (Å²) in [4.78, 5) is 11.4. The molecule has 2 unspecified atom stereocenters. The largest absolute Gasteiger partial charge is 0.393 e. The Morgan fingerprint density at radius 1 is 1.31 bits per heavy atom. The molecule has 0 saturated heterocycles. The number of amides is 2. The van der Waals surface area contributed by atoms with Crippen LogP contribution in [0.2, 0.25) is 0 Å². The predicted molar refractivity (Wildman–Crippen MR) is 64.3 cm³/mol. The highest BCUT2D eigenvalue weighted by Gasteiger charge is 2.22. The normalized spacial score (nSPS) is 25.1. The molecule has 1 aliphatic carbocycles. The molecule has 4 nitrogen and oxygen atoms in total. The number of hydrogen-bond donors (Lipinski definition) is 3. The van der Waals surface area contributed by atoms with Crippen molar-refractivity contribution in [3.63, 3.8) is 0 Å². The molecular weight excluding hydrogens is 204 g/mol. The van der Waals surface area contributed by atoms with E-state index in [9.17, 15) is 9.90 Å². The molecule has 2 atom stereocenters. The average Bonchev–Trinajstić information content (AvgIpc) is 2.28. The van der Waals surface area contributed by atoms with Crippen LogP contribution in [0, 0.1) is 5.92 Å². The lowest BCUT2D eigenvalue weighted by atomic mass is 9.86. The first-order valence-electron chi connectivity index (χ1n) is 6.43. The van der Waals surface area contributed by atoms with Gasteiger partial charge in [-0.25, -0.2) is 4.79 Å². The zero-order chi connectivity index (χ0) is 11.8. The van der Waals surface area contributed by atoms with Gasteiger partial charge in [0.15, 0.2) is 0 Å². The summed E-state index contributed by atoms with van der Waals surface area (Å²) in [5.74, 6) is 0.241. The van der Waals surface area contributed by atoms with Crippen molar-refractivity contribution in [3.8, 4) is 0 Å². The summed E-state index contributed by atoms with van der Waals surface area (Å²) in [5, 5.41) is 15.4. The second kappa shape index (κ2) is 7.49. The van der Waals surface area contributed by atoms with Gasteiger partial charge >= 0.3 is 6.03 Å². The smallest absolute Gasteiger partial charge is 0.314 e. The Morgan fingerprint density at radius 2 is 2.06 bits per heavy atom. The van der Waals surface area contributed by atoms with Gasteiger partial charge in [0.25, 0.3) is 0 Å². The summed E-state index contributed by atoms with van der Waals surface area (Å²) in [6, 6.07) is -0.105. The van der Waals surface area contributed by atoms with Crippen molar-refractivity contribution in [2.24, 2.45) is 5.92 Å². The average molecular weight is 228 g/mol. The van der Waals surface area contributed by atoms with E-state index in [0.29, 0.717) is 6.54 Å². The molecule has 0 heterocycles. The van der Waals surface area contributed by atoms with Crippen molar-refractivity contribution in [2.45, 2.75) is 51.6 Å². The minimum Gasteiger partial charge on any atom is -0.393 e. The molecular formula is C12H24N2O2. The fourth-order valence-corrected chi connectivity index (χ4v) is 2.09. The first kappa shape index (κ1) is 13.3. The first-order valence-corrected chi connectivity index (χ1v) is 6.43. The number of carbonyl (C=O) groups is 1. The van der Waals surface area contributed by atoms with Crippen molar-refractivity contribution in [1.29, 1.82) is 0 Å². The van der Waals surface area contributed by atoms with Crippen LogP contribution in [0.5, 0.6) is 0 Å². The van der Waals surface area contributed by atoms with Crippen LogP contribution in [0.4, 0.5) is 4.79 Å². The fourth-order valence-electron chi connectivity index (χ4n) is 2.09. The summed E-state index contributed by atoms with van der Waals surface area (Å²) in [5.41, 5.74) is 0. The molecule has 4 heteroatoms. The van der Waals surface area contributed by atoms with E-state index in [1.165, 1.54) is 6.42 Å². The van der Waals surface area contributed by atoms with Gasteiger partial charge in [-0.3, -0.25) is 0 Å². The monoisotopic (exact) mass is 228 g/mol.